The summed E-state index contributed by atoms with van der Waals surface area (Å²) in [4.78, 5) is 33.1. The number of hydrogen-bond acceptors (Lipinski definition) is 6. The molecule has 0 spiro atoms. The van der Waals surface area contributed by atoms with Gasteiger partial charge in [0.1, 0.15) is 0 Å². The monoisotopic (exact) mass is 292 g/mol. The molecule has 3 atom stereocenters. The molecule has 0 aliphatic carbocycles. The van der Waals surface area contributed by atoms with Crippen LogP contribution in [-0.2, 0) is 23.9 Å². The van der Waals surface area contributed by atoms with Crippen molar-refractivity contribution in [2.24, 2.45) is 0 Å². The van der Waals surface area contributed by atoms with Gasteiger partial charge in [-0.3, -0.25) is 4.79 Å². The van der Waals surface area contributed by atoms with Crippen molar-refractivity contribution in [2.75, 3.05) is 13.2 Å². The second kappa shape index (κ2) is 6.64. The Morgan fingerprint density at radius 2 is 1.95 bits per heavy atom. The molecule has 114 valence electrons. The quantitative estimate of drug-likeness (QED) is 0.438. The number of carboxylic acids is 3. The Balaban J connectivity index is 2.97. The van der Waals surface area contributed by atoms with Gasteiger partial charge in [-0.15, -0.1) is 0 Å². The van der Waals surface area contributed by atoms with E-state index in [-0.39, 0.29) is 0 Å². The molecular weight excluding hydrogens is 276 g/mol. The van der Waals surface area contributed by atoms with Crippen molar-refractivity contribution >= 4 is 17.9 Å². The predicted octanol–water partition coefficient (Wildman–Crippen LogP) is -1.07. The standard InChI is InChI=1S/C11H16O9/c12-5-11(10(17)18,4-7(13)14)20-8(9(15)16)6-2-1-3-19-6/h6,8,12H,1-5H2,(H,13,14)(H,15,16)(H,17,18). The van der Waals surface area contributed by atoms with Crippen LogP contribution >= 0.6 is 0 Å². The number of hydrogen-bond donors (Lipinski definition) is 4. The summed E-state index contributed by atoms with van der Waals surface area (Å²) in [6.45, 7) is -0.846. The number of carbonyl (C=O) groups is 3. The zero-order valence-electron chi connectivity index (χ0n) is 10.5. The van der Waals surface area contributed by atoms with E-state index in [0.29, 0.717) is 19.4 Å². The van der Waals surface area contributed by atoms with E-state index in [2.05, 4.69) is 0 Å². The molecule has 1 rings (SSSR count). The summed E-state index contributed by atoms with van der Waals surface area (Å²) in [5.41, 5.74) is -2.51. The first kappa shape index (κ1) is 16.3. The van der Waals surface area contributed by atoms with Gasteiger partial charge >= 0.3 is 17.9 Å². The highest BCUT2D eigenvalue weighted by Crippen LogP contribution is 2.25. The van der Waals surface area contributed by atoms with E-state index < -0.39 is 48.7 Å². The van der Waals surface area contributed by atoms with E-state index in [1.807, 2.05) is 0 Å². The predicted molar refractivity (Wildman–Crippen MR) is 61.2 cm³/mol. The summed E-state index contributed by atoms with van der Waals surface area (Å²) in [5, 5.41) is 36.0. The molecule has 0 aromatic rings. The van der Waals surface area contributed by atoms with Crippen LogP contribution in [0.25, 0.3) is 0 Å². The summed E-state index contributed by atoms with van der Waals surface area (Å²) in [5.74, 6) is -4.74. The third kappa shape index (κ3) is 3.65. The van der Waals surface area contributed by atoms with Crippen molar-refractivity contribution in [3.8, 4) is 0 Å². The molecule has 1 saturated heterocycles. The first-order valence-corrected chi connectivity index (χ1v) is 5.90. The topological polar surface area (TPSA) is 151 Å². The van der Waals surface area contributed by atoms with Crippen LogP contribution in [0.1, 0.15) is 19.3 Å². The lowest BCUT2D eigenvalue weighted by Gasteiger charge is -2.31. The minimum absolute atomic E-state index is 0.315. The zero-order valence-corrected chi connectivity index (χ0v) is 10.5. The summed E-state index contributed by atoms with van der Waals surface area (Å²) in [6.07, 6.45) is -2.64. The van der Waals surface area contributed by atoms with E-state index in [1.165, 1.54) is 0 Å². The number of aliphatic carboxylic acids is 3. The molecule has 3 unspecified atom stereocenters. The molecular formula is C11H16O9. The van der Waals surface area contributed by atoms with Gasteiger partial charge in [-0.25, -0.2) is 9.59 Å². The Labute approximate surface area is 113 Å². The Hall–Kier alpha value is -1.71. The van der Waals surface area contributed by atoms with Crippen LogP contribution in [0, 0.1) is 0 Å². The first-order chi connectivity index (χ1) is 9.32. The maximum absolute atomic E-state index is 11.2. The van der Waals surface area contributed by atoms with Crippen LogP contribution in [0.3, 0.4) is 0 Å². The van der Waals surface area contributed by atoms with Gasteiger partial charge in [0.25, 0.3) is 0 Å². The Morgan fingerprint density at radius 1 is 1.30 bits per heavy atom. The van der Waals surface area contributed by atoms with Crippen molar-refractivity contribution in [1.82, 2.24) is 0 Å². The fourth-order valence-electron chi connectivity index (χ4n) is 1.94. The van der Waals surface area contributed by atoms with Crippen LogP contribution in [0.2, 0.25) is 0 Å². The van der Waals surface area contributed by atoms with Gasteiger partial charge in [-0.05, 0) is 12.8 Å². The molecule has 1 fully saturated rings. The molecule has 0 aromatic carbocycles. The summed E-state index contributed by atoms with van der Waals surface area (Å²) in [7, 11) is 0. The van der Waals surface area contributed by atoms with Crippen LogP contribution < -0.4 is 0 Å². The van der Waals surface area contributed by atoms with Gasteiger partial charge in [0.2, 0.25) is 0 Å². The number of rotatable bonds is 8. The SMILES string of the molecule is O=C(O)CC(CO)(OC(C(=O)O)C1CCCO1)C(=O)O. The second-order valence-corrected chi connectivity index (χ2v) is 4.46. The molecule has 9 heteroatoms. The molecule has 1 aliphatic rings. The molecule has 0 aromatic heterocycles. The highest BCUT2D eigenvalue weighted by atomic mass is 16.6. The molecule has 9 nitrogen and oxygen atoms in total. The van der Waals surface area contributed by atoms with Gasteiger partial charge in [-0.1, -0.05) is 0 Å². The number of aliphatic hydroxyl groups is 1. The fourth-order valence-corrected chi connectivity index (χ4v) is 1.94. The van der Waals surface area contributed by atoms with Gasteiger partial charge in [0.05, 0.1) is 19.1 Å². The van der Waals surface area contributed by atoms with Crippen LogP contribution in [-0.4, -0.2) is 69.4 Å². The Morgan fingerprint density at radius 3 is 2.30 bits per heavy atom. The maximum Gasteiger partial charge on any atom is 0.339 e. The van der Waals surface area contributed by atoms with E-state index in [1.54, 1.807) is 0 Å². The van der Waals surface area contributed by atoms with Crippen LogP contribution in [0.15, 0.2) is 0 Å². The molecule has 20 heavy (non-hydrogen) atoms. The average Bonchev–Trinajstić information content (AvgIpc) is 2.86. The van der Waals surface area contributed by atoms with E-state index in [0.717, 1.165) is 0 Å². The fraction of sp³-hybridized carbons (Fsp3) is 0.727. The van der Waals surface area contributed by atoms with Gasteiger partial charge in [-0.2, -0.15) is 0 Å². The number of ether oxygens (including phenoxy) is 2. The van der Waals surface area contributed by atoms with Gasteiger partial charge in [0.15, 0.2) is 11.7 Å². The normalized spacial score (nSPS) is 22.9. The molecule has 0 amide bonds. The lowest BCUT2D eigenvalue weighted by atomic mass is 9.99. The van der Waals surface area contributed by atoms with E-state index in [9.17, 15) is 14.4 Å². The highest BCUT2D eigenvalue weighted by molar-refractivity contribution is 5.85. The first-order valence-electron chi connectivity index (χ1n) is 5.90. The van der Waals surface area contributed by atoms with Crippen molar-refractivity contribution in [2.45, 2.75) is 37.1 Å². The van der Waals surface area contributed by atoms with E-state index in [4.69, 9.17) is 29.9 Å². The van der Waals surface area contributed by atoms with E-state index >= 15 is 0 Å². The van der Waals surface area contributed by atoms with Crippen LogP contribution in [0.4, 0.5) is 0 Å². The molecule has 0 bridgehead atoms. The summed E-state index contributed by atoms with van der Waals surface area (Å²) >= 11 is 0. The van der Waals surface area contributed by atoms with Crippen molar-refractivity contribution in [3.05, 3.63) is 0 Å². The second-order valence-electron chi connectivity index (χ2n) is 4.46. The number of aliphatic hydroxyl groups excluding tert-OH is 1. The van der Waals surface area contributed by atoms with Crippen LogP contribution in [0.5, 0.6) is 0 Å². The van der Waals surface area contributed by atoms with Gasteiger partial charge in [0, 0.05) is 6.61 Å². The Bertz CT molecular complexity index is 387. The Kier molecular flexibility index (Phi) is 5.43. The van der Waals surface area contributed by atoms with Crippen molar-refractivity contribution < 1.29 is 44.3 Å². The lowest BCUT2D eigenvalue weighted by molar-refractivity contribution is -0.204. The average molecular weight is 292 g/mol. The zero-order chi connectivity index (χ0) is 15.3. The molecule has 0 radical (unpaired) electrons. The molecule has 1 heterocycles. The highest BCUT2D eigenvalue weighted by Gasteiger charge is 2.47. The minimum atomic E-state index is -2.51. The smallest absolute Gasteiger partial charge is 0.339 e. The molecule has 1 aliphatic heterocycles. The largest absolute Gasteiger partial charge is 0.481 e. The summed E-state index contributed by atoms with van der Waals surface area (Å²) < 4.78 is 10.1. The van der Waals surface area contributed by atoms with Crippen molar-refractivity contribution in [1.29, 1.82) is 0 Å². The number of carboxylic acid groups (broad SMARTS) is 3. The lowest BCUT2D eigenvalue weighted by Crippen LogP contribution is -2.53. The van der Waals surface area contributed by atoms with Gasteiger partial charge < -0.3 is 29.9 Å². The summed E-state index contributed by atoms with van der Waals surface area (Å²) in [6, 6.07) is 0. The molecule has 4 N–H and O–H groups in total. The van der Waals surface area contributed by atoms with Crippen molar-refractivity contribution in [3.63, 3.8) is 0 Å². The third-order valence-electron chi connectivity index (χ3n) is 2.98. The molecule has 0 saturated carbocycles. The third-order valence-corrected chi connectivity index (χ3v) is 2.98. The maximum atomic E-state index is 11.2. The minimum Gasteiger partial charge on any atom is -0.481 e.